The summed E-state index contributed by atoms with van der Waals surface area (Å²) in [5, 5.41) is 11.9. The molecular weight excluding hydrogens is 324 g/mol. The lowest BCUT2D eigenvalue weighted by molar-refractivity contribution is 0.0696. The first-order valence-electron chi connectivity index (χ1n) is 5.67. The molecule has 20 heavy (non-hydrogen) atoms. The maximum atomic E-state index is 11.0. The van der Waals surface area contributed by atoms with Crippen LogP contribution in [0.1, 0.15) is 20.7 Å². The molecule has 0 saturated heterocycles. The number of carboxylic acids is 1. The summed E-state index contributed by atoms with van der Waals surface area (Å²) in [6.07, 6.45) is 0. The second-order valence-corrected chi connectivity index (χ2v) is 4.92. The van der Waals surface area contributed by atoms with Gasteiger partial charge in [-0.15, -0.1) is 0 Å². The number of halogens is 1. The Morgan fingerprint density at radius 2 is 1.65 bits per heavy atom. The minimum Gasteiger partial charge on any atom is -0.478 e. The number of anilines is 2. The molecule has 2 aromatic rings. The monoisotopic (exact) mass is 334 g/mol. The highest BCUT2D eigenvalue weighted by atomic mass is 79.9. The number of hydrogen-bond acceptors (Lipinski definition) is 3. The molecule has 0 aliphatic carbocycles. The number of amides is 1. The molecule has 0 unspecified atom stereocenters. The Morgan fingerprint density at radius 3 is 2.15 bits per heavy atom. The first-order valence-corrected chi connectivity index (χ1v) is 6.46. The molecule has 0 radical (unpaired) electrons. The van der Waals surface area contributed by atoms with E-state index in [1.165, 1.54) is 12.1 Å². The molecule has 1 amide bonds. The lowest BCUT2D eigenvalue weighted by Crippen LogP contribution is -2.10. The van der Waals surface area contributed by atoms with Crippen molar-refractivity contribution in [2.45, 2.75) is 0 Å². The molecule has 0 atom stereocenters. The summed E-state index contributed by atoms with van der Waals surface area (Å²) in [5.74, 6) is -1.47. The number of primary amides is 1. The van der Waals surface area contributed by atoms with E-state index in [-0.39, 0.29) is 5.56 Å². The molecule has 0 heterocycles. The summed E-state index contributed by atoms with van der Waals surface area (Å²) in [6, 6.07) is 11.3. The second kappa shape index (κ2) is 5.75. The average Bonchev–Trinajstić information content (AvgIpc) is 2.41. The third-order valence-electron chi connectivity index (χ3n) is 2.66. The van der Waals surface area contributed by atoms with Gasteiger partial charge in [-0.05, 0) is 58.4 Å². The van der Waals surface area contributed by atoms with Crippen molar-refractivity contribution in [1.29, 1.82) is 0 Å². The van der Waals surface area contributed by atoms with Gasteiger partial charge in [-0.2, -0.15) is 0 Å². The Balaban J connectivity index is 2.21. The Hall–Kier alpha value is -2.34. The molecule has 0 aliphatic heterocycles. The first kappa shape index (κ1) is 14.1. The van der Waals surface area contributed by atoms with E-state index in [1.807, 2.05) is 0 Å². The molecule has 0 bridgehead atoms. The zero-order chi connectivity index (χ0) is 14.7. The van der Waals surface area contributed by atoms with Crippen molar-refractivity contribution in [2.75, 3.05) is 5.32 Å². The number of nitrogens with two attached hydrogens (primary N) is 1. The van der Waals surface area contributed by atoms with Crippen LogP contribution in [0.2, 0.25) is 0 Å². The van der Waals surface area contributed by atoms with Crippen molar-refractivity contribution in [2.24, 2.45) is 5.73 Å². The molecule has 6 heteroatoms. The lowest BCUT2D eigenvalue weighted by Gasteiger charge is -2.09. The minimum atomic E-state index is -0.969. The van der Waals surface area contributed by atoms with E-state index in [1.54, 1.807) is 30.3 Å². The Morgan fingerprint density at radius 1 is 1.05 bits per heavy atom. The number of carbonyl (C=O) groups is 2. The number of carboxylic acid groups (broad SMARTS) is 1. The van der Waals surface area contributed by atoms with Gasteiger partial charge in [-0.1, -0.05) is 0 Å². The van der Waals surface area contributed by atoms with Gasteiger partial charge in [0.1, 0.15) is 0 Å². The summed E-state index contributed by atoms with van der Waals surface area (Å²) < 4.78 is 0.691. The molecule has 5 nitrogen and oxygen atoms in total. The zero-order valence-corrected chi connectivity index (χ0v) is 11.8. The van der Waals surface area contributed by atoms with Crippen molar-refractivity contribution < 1.29 is 14.7 Å². The second-order valence-electron chi connectivity index (χ2n) is 4.07. The molecule has 102 valence electrons. The summed E-state index contributed by atoms with van der Waals surface area (Å²) >= 11 is 3.35. The third-order valence-corrected chi connectivity index (χ3v) is 3.32. The fourth-order valence-corrected chi connectivity index (χ4v) is 2.10. The van der Waals surface area contributed by atoms with E-state index in [0.29, 0.717) is 10.0 Å². The Kier molecular flexibility index (Phi) is 4.05. The SMILES string of the molecule is NC(=O)c1ccc(Nc2ccc(C(=O)O)cc2)c(Br)c1. The van der Waals surface area contributed by atoms with Gasteiger partial charge in [0.25, 0.3) is 0 Å². The molecule has 4 N–H and O–H groups in total. The third kappa shape index (κ3) is 3.16. The predicted octanol–water partition coefficient (Wildman–Crippen LogP) is 2.99. The van der Waals surface area contributed by atoms with Crippen LogP contribution >= 0.6 is 15.9 Å². The van der Waals surface area contributed by atoms with Gasteiger partial charge in [0, 0.05) is 15.7 Å². The number of carbonyl (C=O) groups excluding carboxylic acids is 1. The number of nitrogens with one attached hydrogen (secondary N) is 1. The van der Waals surface area contributed by atoms with Crippen LogP contribution in [0.25, 0.3) is 0 Å². The van der Waals surface area contributed by atoms with E-state index in [9.17, 15) is 9.59 Å². The molecule has 0 aromatic heterocycles. The van der Waals surface area contributed by atoms with Crippen LogP contribution in [-0.4, -0.2) is 17.0 Å². The quantitative estimate of drug-likeness (QED) is 0.801. The van der Waals surface area contributed by atoms with Gasteiger partial charge in [0.05, 0.1) is 11.3 Å². The standard InChI is InChI=1S/C14H11BrN2O3/c15-11-7-9(13(16)18)3-6-12(11)17-10-4-1-8(2-5-10)14(19)20/h1-7,17H,(H2,16,18)(H,19,20). The fourth-order valence-electron chi connectivity index (χ4n) is 1.62. The molecule has 2 rings (SSSR count). The molecule has 0 spiro atoms. The fraction of sp³-hybridized carbons (Fsp3) is 0. The van der Waals surface area contributed by atoms with Crippen LogP contribution in [0.3, 0.4) is 0 Å². The Labute approximate surface area is 123 Å². The maximum absolute atomic E-state index is 11.0. The average molecular weight is 335 g/mol. The van der Waals surface area contributed by atoms with Crippen molar-refractivity contribution in [3.63, 3.8) is 0 Å². The van der Waals surface area contributed by atoms with Crippen molar-refractivity contribution >= 4 is 39.2 Å². The lowest BCUT2D eigenvalue weighted by atomic mass is 10.1. The van der Waals surface area contributed by atoms with E-state index in [0.717, 1.165) is 11.4 Å². The van der Waals surface area contributed by atoms with E-state index in [2.05, 4.69) is 21.2 Å². The van der Waals surface area contributed by atoms with Crippen molar-refractivity contribution in [1.82, 2.24) is 0 Å². The highest BCUT2D eigenvalue weighted by molar-refractivity contribution is 9.10. The number of aromatic carboxylic acids is 1. The smallest absolute Gasteiger partial charge is 0.335 e. The zero-order valence-electron chi connectivity index (χ0n) is 10.3. The molecule has 0 aliphatic rings. The van der Waals surface area contributed by atoms with Crippen LogP contribution in [0.15, 0.2) is 46.9 Å². The summed E-state index contributed by atoms with van der Waals surface area (Å²) in [6.45, 7) is 0. The topological polar surface area (TPSA) is 92.4 Å². The van der Waals surface area contributed by atoms with Gasteiger partial charge >= 0.3 is 5.97 Å². The molecule has 2 aromatic carbocycles. The van der Waals surface area contributed by atoms with E-state index in [4.69, 9.17) is 10.8 Å². The van der Waals surface area contributed by atoms with Gasteiger partial charge in [0.2, 0.25) is 5.91 Å². The van der Waals surface area contributed by atoms with Crippen LogP contribution in [-0.2, 0) is 0 Å². The Bertz CT molecular complexity index is 669. The van der Waals surface area contributed by atoms with Crippen molar-refractivity contribution in [3.8, 4) is 0 Å². The largest absolute Gasteiger partial charge is 0.478 e. The number of benzene rings is 2. The van der Waals surface area contributed by atoms with Gasteiger partial charge in [-0.25, -0.2) is 4.79 Å². The molecule has 0 saturated carbocycles. The van der Waals surface area contributed by atoms with Crippen LogP contribution in [0.4, 0.5) is 11.4 Å². The highest BCUT2D eigenvalue weighted by Crippen LogP contribution is 2.27. The summed E-state index contributed by atoms with van der Waals surface area (Å²) in [4.78, 5) is 21.8. The predicted molar refractivity (Wildman–Crippen MR) is 79.3 cm³/mol. The highest BCUT2D eigenvalue weighted by Gasteiger charge is 2.06. The van der Waals surface area contributed by atoms with Crippen LogP contribution < -0.4 is 11.1 Å². The minimum absolute atomic E-state index is 0.221. The van der Waals surface area contributed by atoms with Gasteiger partial charge in [-0.3, -0.25) is 4.79 Å². The summed E-state index contributed by atoms with van der Waals surface area (Å²) in [7, 11) is 0. The number of rotatable bonds is 4. The maximum Gasteiger partial charge on any atom is 0.335 e. The van der Waals surface area contributed by atoms with Crippen molar-refractivity contribution in [3.05, 3.63) is 58.1 Å². The van der Waals surface area contributed by atoms with E-state index >= 15 is 0 Å². The first-order chi connectivity index (χ1) is 9.47. The normalized spacial score (nSPS) is 10.1. The molecular formula is C14H11BrN2O3. The number of hydrogen-bond donors (Lipinski definition) is 3. The van der Waals surface area contributed by atoms with E-state index < -0.39 is 11.9 Å². The molecule has 0 fully saturated rings. The van der Waals surface area contributed by atoms with Crippen LogP contribution in [0.5, 0.6) is 0 Å². The van der Waals surface area contributed by atoms with Crippen LogP contribution in [0, 0.1) is 0 Å². The summed E-state index contributed by atoms with van der Waals surface area (Å²) in [5.41, 5.74) is 7.31. The van der Waals surface area contributed by atoms with Gasteiger partial charge < -0.3 is 16.2 Å². The van der Waals surface area contributed by atoms with Gasteiger partial charge in [0.15, 0.2) is 0 Å².